The molecule has 0 spiro atoms. The van der Waals surface area contributed by atoms with Gasteiger partial charge in [0.05, 0.1) is 19.1 Å². The summed E-state index contributed by atoms with van der Waals surface area (Å²) in [6.07, 6.45) is 0.785. The third-order valence-electron chi connectivity index (χ3n) is 3.76. The molecule has 0 heterocycles. The fourth-order valence-corrected chi connectivity index (χ4v) is 2.60. The Hall–Kier alpha value is -3.04. The summed E-state index contributed by atoms with van der Waals surface area (Å²) in [6, 6.07) is 18.0. The van der Waals surface area contributed by atoms with Crippen molar-refractivity contribution in [1.82, 2.24) is 0 Å². The smallest absolute Gasteiger partial charge is 0.306 e. The predicted molar refractivity (Wildman–Crippen MR) is 106 cm³/mol. The molecule has 2 rings (SSSR count). The van der Waals surface area contributed by atoms with Crippen LogP contribution >= 0.6 is 11.6 Å². The summed E-state index contributed by atoms with van der Waals surface area (Å²) >= 11 is 5.97. The molecule has 146 valence electrons. The zero-order valence-corrected chi connectivity index (χ0v) is 16.1. The maximum absolute atomic E-state index is 12.5. The molecule has 0 fully saturated rings. The summed E-state index contributed by atoms with van der Waals surface area (Å²) in [5.41, 5.74) is 0.556. The molecule has 0 aromatic heterocycles. The van der Waals surface area contributed by atoms with E-state index < -0.39 is 18.5 Å². The number of nitrogens with zero attached hydrogens (tertiary/aromatic N) is 2. The minimum absolute atomic E-state index is 0.148. The van der Waals surface area contributed by atoms with Crippen LogP contribution in [-0.4, -0.2) is 31.6 Å². The summed E-state index contributed by atoms with van der Waals surface area (Å²) < 4.78 is 10.6. The predicted octanol–water partition coefficient (Wildman–Crippen LogP) is 3.99. The second-order valence-corrected chi connectivity index (χ2v) is 6.30. The van der Waals surface area contributed by atoms with Gasteiger partial charge >= 0.3 is 5.97 Å². The number of carbonyl (C=O) groups excluding carboxylic acids is 2. The Morgan fingerprint density at radius 3 is 2.61 bits per heavy atom. The lowest BCUT2D eigenvalue weighted by molar-refractivity contribution is -0.148. The number of esters is 1. The van der Waals surface area contributed by atoms with Gasteiger partial charge in [0.2, 0.25) is 0 Å². The van der Waals surface area contributed by atoms with Crippen LogP contribution < -0.4 is 9.64 Å². The standard InChI is InChI=1S/C21H21ClN2O4/c22-17-7-4-8-18(15-17)24(13-6-12-23)20(25)16-28-21(26)11-5-14-27-19-9-2-1-3-10-19/h1-4,7-10,15H,5-6,11,13-14,16H2. The van der Waals surface area contributed by atoms with Crippen molar-refractivity contribution in [2.24, 2.45) is 0 Å². The summed E-state index contributed by atoms with van der Waals surface area (Å²) in [4.78, 5) is 25.7. The molecule has 7 heteroatoms. The van der Waals surface area contributed by atoms with Gasteiger partial charge in [0, 0.05) is 23.7 Å². The Morgan fingerprint density at radius 2 is 1.89 bits per heavy atom. The van der Waals surface area contributed by atoms with Crippen molar-refractivity contribution in [3.63, 3.8) is 0 Å². The van der Waals surface area contributed by atoms with E-state index in [0.717, 1.165) is 5.75 Å². The van der Waals surface area contributed by atoms with Crippen molar-refractivity contribution in [3.8, 4) is 11.8 Å². The maximum Gasteiger partial charge on any atom is 0.306 e. The van der Waals surface area contributed by atoms with Crippen LogP contribution in [0.25, 0.3) is 0 Å². The van der Waals surface area contributed by atoms with Crippen LogP contribution in [0.5, 0.6) is 5.75 Å². The molecule has 0 N–H and O–H groups in total. The third kappa shape index (κ3) is 7.29. The lowest BCUT2D eigenvalue weighted by Crippen LogP contribution is -2.35. The maximum atomic E-state index is 12.5. The van der Waals surface area contributed by atoms with E-state index in [4.69, 9.17) is 26.3 Å². The van der Waals surface area contributed by atoms with E-state index >= 15 is 0 Å². The molecule has 1 amide bonds. The van der Waals surface area contributed by atoms with Crippen molar-refractivity contribution in [1.29, 1.82) is 5.26 Å². The van der Waals surface area contributed by atoms with Crippen molar-refractivity contribution in [2.75, 3.05) is 24.7 Å². The lowest BCUT2D eigenvalue weighted by Gasteiger charge is -2.21. The normalized spacial score (nSPS) is 10.0. The molecule has 2 aromatic rings. The summed E-state index contributed by atoms with van der Waals surface area (Å²) in [6.45, 7) is 0.179. The summed E-state index contributed by atoms with van der Waals surface area (Å²) in [5, 5.41) is 9.28. The van der Waals surface area contributed by atoms with Gasteiger partial charge in [0.25, 0.3) is 5.91 Å². The number of amides is 1. The van der Waals surface area contributed by atoms with Crippen molar-refractivity contribution in [3.05, 3.63) is 59.6 Å². The molecular weight excluding hydrogens is 380 g/mol. The number of nitriles is 1. The first-order chi connectivity index (χ1) is 13.6. The van der Waals surface area contributed by atoms with E-state index in [2.05, 4.69) is 0 Å². The molecule has 0 radical (unpaired) electrons. The molecule has 0 bridgehead atoms. The average Bonchev–Trinajstić information content (AvgIpc) is 2.71. The van der Waals surface area contributed by atoms with Crippen LogP contribution in [0.1, 0.15) is 19.3 Å². The van der Waals surface area contributed by atoms with Crippen LogP contribution in [0.2, 0.25) is 5.02 Å². The highest BCUT2D eigenvalue weighted by Crippen LogP contribution is 2.20. The number of rotatable bonds is 10. The molecule has 6 nitrogen and oxygen atoms in total. The number of hydrogen-bond donors (Lipinski definition) is 0. The number of benzene rings is 2. The Bertz CT molecular complexity index is 821. The van der Waals surface area contributed by atoms with E-state index in [1.165, 1.54) is 4.90 Å². The highest BCUT2D eigenvalue weighted by atomic mass is 35.5. The number of anilines is 1. The Kier molecular flexibility index (Phi) is 8.83. The van der Waals surface area contributed by atoms with Gasteiger partial charge in [0.15, 0.2) is 6.61 Å². The Morgan fingerprint density at radius 1 is 1.11 bits per heavy atom. The first kappa shape index (κ1) is 21.3. The minimum Gasteiger partial charge on any atom is -0.494 e. The quantitative estimate of drug-likeness (QED) is 0.445. The van der Waals surface area contributed by atoms with Crippen LogP contribution in [0.3, 0.4) is 0 Å². The molecule has 0 aliphatic rings. The van der Waals surface area contributed by atoms with Crippen LogP contribution in [-0.2, 0) is 14.3 Å². The van der Waals surface area contributed by atoms with Crippen molar-refractivity contribution >= 4 is 29.2 Å². The molecule has 0 unspecified atom stereocenters. The zero-order valence-electron chi connectivity index (χ0n) is 15.3. The fraction of sp³-hybridized carbons (Fsp3) is 0.286. The van der Waals surface area contributed by atoms with Gasteiger partial charge in [-0.05, 0) is 36.8 Å². The molecule has 0 atom stereocenters. The number of ether oxygens (including phenoxy) is 2. The minimum atomic E-state index is -0.476. The SMILES string of the molecule is N#CCCN(C(=O)COC(=O)CCCOc1ccccc1)c1cccc(Cl)c1. The monoisotopic (exact) mass is 400 g/mol. The highest BCUT2D eigenvalue weighted by Gasteiger charge is 2.17. The zero-order chi connectivity index (χ0) is 20.2. The lowest BCUT2D eigenvalue weighted by atomic mass is 10.2. The number of carbonyl (C=O) groups is 2. The van der Waals surface area contributed by atoms with Gasteiger partial charge in [-0.3, -0.25) is 9.59 Å². The second-order valence-electron chi connectivity index (χ2n) is 5.86. The van der Waals surface area contributed by atoms with Gasteiger partial charge in [0.1, 0.15) is 5.75 Å². The molecular formula is C21H21ClN2O4. The summed E-state index contributed by atoms with van der Waals surface area (Å²) in [5.74, 6) is -0.150. The average molecular weight is 401 g/mol. The van der Waals surface area contributed by atoms with E-state index in [0.29, 0.717) is 23.7 Å². The Balaban J connectivity index is 1.77. The van der Waals surface area contributed by atoms with Crippen molar-refractivity contribution in [2.45, 2.75) is 19.3 Å². The number of hydrogen-bond acceptors (Lipinski definition) is 5. The topological polar surface area (TPSA) is 79.6 Å². The van der Waals surface area contributed by atoms with Crippen LogP contribution in [0.4, 0.5) is 5.69 Å². The third-order valence-corrected chi connectivity index (χ3v) is 4.00. The first-order valence-corrected chi connectivity index (χ1v) is 9.24. The van der Waals surface area contributed by atoms with Gasteiger partial charge in [-0.1, -0.05) is 35.9 Å². The Labute approximate surface area is 169 Å². The molecule has 0 aliphatic heterocycles. The van der Waals surface area contributed by atoms with Gasteiger partial charge in [-0.2, -0.15) is 5.26 Å². The highest BCUT2D eigenvalue weighted by molar-refractivity contribution is 6.30. The molecule has 0 saturated heterocycles. The molecule has 28 heavy (non-hydrogen) atoms. The second kappa shape index (κ2) is 11.6. The van der Waals surface area contributed by atoms with E-state index in [9.17, 15) is 9.59 Å². The molecule has 0 saturated carbocycles. The van der Waals surface area contributed by atoms with Crippen LogP contribution in [0, 0.1) is 11.3 Å². The van der Waals surface area contributed by atoms with Crippen molar-refractivity contribution < 1.29 is 19.1 Å². The van der Waals surface area contributed by atoms with Gasteiger partial charge in [-0.15, -0.1) is 0 Å². The molecule has 2 aromatic carbocycles. The largest absolute Gasteiger partial charge is 0.494 e. The first-order valence-electron chi connectivity index (χ1n) is 8.86. The fourth-order valence-electron chi connectivity index (χ4n) is 2.42. The van der Waals surface area contributed by atoms with Gasteiger partial charge < -0.3 is 14.4 Å². The summed E-state index contributed by atoms with van der Waals surface area (Å²) in [7, 11) is 0. The van der Waals surface area contributed by atoms with Gasteiger partial charge in [-0.25, -0.2) is 0 Å². The van der Waals surface area contributed by atoms with E-state index in [1.54, 1.807) is 24.3 Å². The molecule has 0 aliphatic carbocycles. The number of para-hydroxylation sites is 1. The van der Waals surface area contributed by atoms with E-state index in [1.807, 2.05) is 36.4 Å². The van der Waals surface area contributed by atoms with Crippen LogP contribution in [0.15, 0.2) is 54.6 Å². The number of halogens is 1. The van der Waals surface area contributed by atoms with E-state index in [-0.39, 0.29) is 19.4 Å².